The van der Waals surface area contributed by atoms with Crippen LogP contribution in [-0.2, 0) is 6.42 Å². The van der Waals surface area contributed by atoms with E-state index in [-0.39, 0.29) is 6.10 Å². The molecular weight excluding hydrogens is 220 g/mol. The van der Waals surface area contributed by atoms with Crippen LogP contribution in [-0.4, -0.2) is 11.2 Å². The van der Waals surface area contributed by atoms with Gasteiger partial charge >= 0.3 is 0 Å². The Balaban J connectivity index is 1.85. The summed E-state index contributed by atoms with van der Waals surface area (Å²) in [5.74, 6) is 0.764. The standard InChI is InChI=1S/C17H26O/c1-13-8-9-16(10-14(13)2)12-17(18)11-15-6-4-3-5-7-15/h8-10,15,17-18H,3-7,11-12H2,1-2H3. The highest BCUT2D eigenvalue weighted by atomic mass is 16.3. The molecule has 0 aliphatic heterocycles. The molecule has 1 heteroatoms. The predicted molar refractivity (Wildman–Crippen MR) is 76.8 cm³/mol. The van der Waals surface area contributed by atoms with Gasteiger partial charge in [0.2, 0.25) is 0 Å². The summed E-state index contributed by atoms with van der Waals surface area (Å²) in [7, 11) is 0. The normalized spacial score (nSPS) is 18.8. The Labute approximate surface area is 111 Å². The van der Waals surface area contributed by atoms with Gasteiger partial charge in [-0.3, -0.25) is 0 Å². The number of aliphatic hydroxyl groups is 1. The lowest BCUT2D eigenvalue weighted by molar-refractivity contribution is 0.130. The molecule has 0 spiro atoms. The van der Waals surface area contributed by atoms with Crippen LogP contribution in [0, 0.1) is 19.8 Å². The lowest BCUT2D eigenvalue weighted by Gasteiger charge is -2.24. The summed E-state index contributed by atoms with van der Waals surface area (Å²) in [5.41, 5.74) is 3.94. The maximum atomic E-state index is 10.2. The molecule has 1 fully saturated rings. The van der Waals surface area contributed by atoms with Crippen molar-refractivity contribution in [2.75, 3.05) is 0 Å². The van der Waals surface area contributed by atoms with Gasteiger partial charge in [0, 0.05) is 0 Å². The van der Waals surface area contributed by atoms with Gasteiger partial charge in [0.25, 0.3) is 0 Å². The van der Waals surface area contributed by atoms with E-state index in [0.29, 0.717) is 0 Å². The Hall–Kier alpha value is -0.820. The number of benzene rings is 1. The van der Waals surface area contributed by atoms with Gasteiger partial charge in [-0.25, -0.2) is 0 Å². The second kappa shape index (κ2) is 6.38. The second-order valence-electron chi connectivity index (χ2n) is 6.02. The molecule has 1 aromatic carbocycles. The molecule has 0 heterocycles. The largest absolute Gasteiger partial charge is 0.393 e. The molecule has 1 atom stereocenters. The van der Waals surface area contributed by atoms with Crippen LogP contribution in [0.2, 0.25) is 0 Å². The van der Waals surface area contributed by atoms with Crippen LogP contribution in [0.1, 0.15) is 55.2 Å². The molecule has 1 saturated carbocycles. The maximum Gasteiger partial charge on any atom is 0.0583 e. The summed E-state index contributed by atoms with van der Waals surface area (Å²) < 4.78 is 0. The van der Waals surface area contributed by atoms with E-state index in [2.05, 4.69) is 32.0 Å². The molecule has 1 N–H and O–H groups in total. The minimum absolute atomic E-state index is 0.157. The maximum absolute atomic E-state index is 10.2. The number of hydrogen-bond donors (Lipinski definition) is 1. The molecule has 1 aliphatic rings. The molecule has 1 aromatic rings. The first-order valence-electron chi connectivity index (χ1n) is 7.39. The van der Waals surface area contributed by atoms with Gasteiger partial charge in [-0.15, -0.1) is 0 Å². The molecule has 18 heavy (non-hydrogen) atoms. The average Bonchev–Trinajstić information content (AvgIpc) is 2.35. The number of aliphatic hydroxyl groups excluding tert-OH is 1. The lowest BCUT2D eigenvalue weighted by Crippen LogP contribution is -2.18. The molecule has 0 bridgehead atoms. The van der Waals surface area contributed by atoms with Crippen molar-refractivity contribution >= 4 is 0 Å². The fraction of sp³-hybridized carbons (Fsp3) is 0.647. The van der Waals surface area contributed by atoms with Crippen molar-refractivity contribution in [1.29, 1.82) is 0 Å². The van der Waals surface area contributed by atoms with Crippen molar-refractivity contribution in [3.8, 4) is 0 Å². The van der Waals surface area contributed by atoms with Crippen LogP contribution >= 0.6 is 0 Å². The summed E-state index contributed by atoms with van der Waals surface area (Å²) >= 11 is 0. The number of aryl methyl sites for hydroxylation is 2. The summed E-state index contributed by atoms with van der Waals surface area (Å²) in [4.78, 5) is 0. The topological polar surface area (TPSA) is 20.2 Å². The van der Waals surface area contributed by atoms with E-state index in [9.17, 15) is 5.11 Å². The highest BCUT2D eigenvalue weighted by Crippen LogP contribution is 2.28. The van der Waals surface area contributed by atoms with Gasteiger partial charge in [-0.1, -0.05) is 50.3 Å². The van der Waals surface area contributed by atoms with Gasteiger partial charge in [0.15, 0.2) is 0 Å². The molecular formula is C17H26O. The molecule has 100 valence electrons. The molecule has 0 saturated heterocycles. The first-order chi connectivity index (χ1) is 8.65. The van der Waals surface area contributed by atoms with Gasteiger partial charge in [-0.05, 0) is 49.3 Å². The number of hydrogen-bond acceptors (Lipinski definition) is 1. The number of rotatable bonds is 4. The van der Waals surface area contributed by atoms with Crippen molar-refractivity contribution in [1.82, 2.24) is 0 Å². The van der Waals surface area contributed by atoms with Gasteiger partial charge in [0.1, 0.15) is 0 Å². The minimum Gasteiger partial charge on any atom is -0.393 e. The quantitative estimate of drug-likeness (QED) is 0.845. The lowest BCUT2D eigenvalue weighted by atomic mass is 9.84. The molecule has 1 nitrogen and oxygen atoms in total. The fourth-order valence-corrected chi connectivity index (χ4v) is 3.09. The first kappa shape index (κ1) is 13.6. The summed E-state index contributed by atoms with van der Waals surface area (Å²) in [5, 5.41) is 10.2. The average molecular weight is 246 g/mol. The van der Waals surface area contributed by atoms with Gasteiger partial charge < -0.3 is 5.11 Å². The summed E-state index contributed by atoms with van der Waals surface area (Å²) in [6.07, 6.45) is 8.42. The third-order valence-corrected chi connectivity index (χ3v) is 4.37. The zero-order valence-corrected chi connectivity index (χ0v) is 11.8. The predicted octanol–water partition coefficient (Wildman–Crippen LogP) is 4.18. The van der Waals surface area contributed by atoms with Crippen molar-refractivity contribution < 1.29 is 5.11 Å². The second-order valence-corrected chi connectivity index (χ2v) is 6.02. The smallest absolute Gasteiger partial charge is 0.0583 e. The fourth-order valence-electron chi connectivity index (χ4n) is 3.09. The van der Waals surface area contributed by atoms with E-state index in [4.69, 9.17) is 0 Å². The van der Waals surface area contributed by atoms with Crippen molar-refractivity contribution in [3.05, 3.63) is 34.9 Å². The summed E-state index contributed by atoms with van der Waals surface area (Å²) in [6, 6.07) is 6.55. The first-order valence-corrected chi connectivity index (χ1v) is 7.39. The molecule has 0 aromatic heterocycles. The molecule has 1 unspecified atom stereocenters. The molecule has 1 aliphatic carbocycles. The van der Waals surface area contributed by atoms with Gasteiger partial charge in [-0.2, -0.15) is 0 Å². The van der Waals surface area contributed by atoms with E-state index in [0.717, 1.165) is 18.8 Å². The van der Waals surface area contributed by atoms with Crippen LogP contribution < -0.4 is 0 Å². The monoisotopic (exact) mass is 246 g/mol. The molecule has 0 radical (unpaired) electrons. The zero-order chi connectivity index (χ0) is 13.0. The van der Waals surface area contributed by atoms with Crippen molar-refractivity contribution in [3.63, 3.8) is 0 Å². The van der Waals surface area contributed by atoms with Crippen molar-refractivity contribution in [2.24, 2.45) is 5.92 Å². The van der Waals surface area contributed by atoms with E-state index in [1.54, 1.807) is 0 Å². The third kappa shape index (κ3) is 3.84. The van der Waals surface area contributed by atoms with Gasteiger partial charge in [0.05, 0.1) is 6.10 Å². The van der Waals surface area contributed by atoms with Crippen LogP contribution in [0.3, 0.4) is 0 Å². The zero-order valence-electron chi connectivity index (χ0n) is 11.8. The Morgan fingerprint density at radius 3 is 2.50 bits per heavy atom. The SMILES string of the molecule is Cc1ccc(CC(O)CC2CCCCC2)cc1C. The highest BCUT2D eigenvalue weighted by molar-refractivity contribution is 5.30. The van der Waals surface area contributed by atoms with E-state index >= 15 is 0 Å². The summed E-state index contributed by atoms with van der Waals surface area (Å²) in [6.45, 7) is 4.28. The molecule has 0 amide bonds. The van der Waals surface area contributed by atoms with E-state index < -0.39 is 0 Å². The Bertz CT molecular complexity index is 377. The van der Waals surface area contributed by atoms with Crippen LogP contribution in [0.15, 0.2) is 18.2 Å². The highest BCUT2D eigenvalue weighted by Gasteiger charge is 2.17. The Morgan fingerprint density at radius 1 is 1.11 bits per heavy atom. The third-order valence-electron chi connectivity index (χ3n) is 4.37. The van der Waals surface area contributed by atoms with E-state index in [1.807, 2.05) is 0 Å². The van der Waals surface area contributed by atoms with Crippen LogP contribution in [0.5, 0.6) is 0 Å². The minimum atomic E-state index is -0.157. The van der Waals surface area contributed by atoms with Crippen LogP contribution in [0.25, 0.3) is 0 Å². The molecule has 2 rings (SSSR count). The van der Waals surface area contributed by atoms with Crippen molar-refractivity contribution in [2.45, 2.75) is 64.9 Å². The van der Waals surface area contributed by atoms with Crippen LogP contribution in [0.4, 0.5) is 0 Å². The Morgan fingerprint density at radius 2 is 1.83 bits per heavy atom. The Kier molecular flexibility index (Phi) is 4.82. The van der Waals surface area contributed by atoms with E-state index in [1.165, 1.54) is 48.8 Å².